The van der Waals surface area contributed by atoms with Crippen molar-refractivity contribution in [1.82, 2.24) is 5.32 Å². The first kappa shape index (κ1) is 14.8. The second-order valence-corrected chi connectivity index (χ2v) is 5.79. The molecule has 0 spiro atoms. The standard InChI is InChI=1S/C19H22N2O/c22-19(13-12-16-9-6-14-20-16)21-18-11-5-4-10-17(18)15-7-2-1-3-8-15/h1-5,7-8,10-11,16,20H,6,9,12-14H2,(H,21,22). The molecule has 1 fully saturated rings. The second kappa shape index (κ2) is 7.23. The van der Waals surface area contributed by atoms with E-state index in [0.717, 1.165) is 29.8 Å². The van der Waals surface area contributed by atoms with E-state index < -0.39 is 0 Å². The Morgan fingerprint density at radius 3 is 2.64 bits per heavy atom. The highest BCUT2D eigenvalue weighted by molar-refractivity contribution is 5.95. The Labute approximate surface area is 131 Å². The third kappa shape index (κ3) is 3.74. The fourth-order valence-electron chi connectivity index (χ4n) is 2.98. The number of benzene rings is 2. The monoisotopic (exact) mass is 294 g/mol. The summed E-state index contributed by atoms with van der Waals surface area (Å²) >= 11 is 0. The Morgan fingerprint density at radius 1 is 1.09 bits per heavy atom. The number of para-hydroxylation sites is 1. The van der Waals surface area contributed by atoms with Crippen LogP contribution in [0.2, 0.25) is 0 Å². The lowest BCUT2D eigenvalue weighted by molar-refractivity contribution is -0.116. The number of nitrogens with one attached hydrogen (secondary N) is 2. The highest BCUT2D eigenvalue weighted by atomic mass is 16.1. The fraction of sp³-hybridized carbons (Fsp3) is 0.316. The summed E-state index contributed by atoms with van der Waals surface area (Å²) in [6.07, 6.45) is 3.90. The van der Waals surface area contributed by atoms with Crippen LogP contribution in [0.25, 0.3) is 11.1 Å². The van der Waals surface area contributed by atoms with Gasteiger partial charge in [0.1, 0.15) is 0 Å². The van der Waals surface area contributed by atoms with Crippen LogP contribution in [0.4, 0.5) is 5.69 Å². The molecule has 0 bridgehead atoms. The van der Waals surface area contributed by atoms with Gasteiger partial charge in [-0.2, -0.15) is 0 Å². The average molecular weight is 294 g/mol. The van der Waals surface area contributed by atoms with Gasteiger partial charge >= 0.3 is 0 Å². The smallest absolute Gasteiger partial charge is 0.224 e. The molecule has 0 radical (unpaired) electrons. The van der Waals surface area contributed by atoms with Crippen molar-refractivity contribution in [1.29, 1.82) is 0 Å². The molecule has 0 aliphatic carbocycles. The lowest BCUT2D eigenvalue weighted by Crippen LogP contribution is -2.23. The van der Waals surface area contributed by atoms with Crippen molar-refractivity contribution < 1.29 is 4.79 Å². The molecule has 1 unspecified atom stereocenters. The molecule has 1 aliphatic rings. The molecule has 1 saturated heterocycles. The van der Waals surface area contributed by atoms with Gasteiger partial charge < -0.3 is 10.6 Å². The first-order valence-corrected chi connectivity index (χ1v) is 8.00. The van der Waals surface area contributed by atoms with Crippen LogP contribution in [0, 0.1) is 0 Å². The van der Waals surface area contributed by atoms with Gasteiger partial charge in [0, 0.05) is 23.7 Å². The van der Waals surface area contributed by atoms with E-state index in [4.69, 9.17) is 0 Å². The van der Waals surface area contributed by atoms with Crippen molar-refractivity contribution in [2.45, 2.75) is 31.7 Å². The van der Waals surface area contributed by atoms with Crippen LogP contribution in [0.1, 0.15) is 25.7 Å². The molecule has 1 atom stereocenters. The predicted octanol–water partition coefficient (Wildman–Crippen LogP) is 3.82. The molecule has 2 aromatic rings. The third-order valence-electron chi connectivity index (χ3n) is 4.17. The summed E-state index contributed by atoms with van der Waals surface area (Å²) in [7, 11) is 0. The number of amides is 1. The predicted molar refractivity (Wildman–Crippen MR) is 90.8 cm³/mol. The van der Waals surface area contributed by atoms with Gasteiger partial charge in [0.05, 0.1) is 0 Å². The normalized spacial score (nSPS) is 17.4. The van der Waals surface area contributed by atoms with Gasteiger partial charge in [-0.05, 0) is 37.4 Å². The summed E-state index contributed by atoms with van der Waals surface area (Å²) in [5, 5.41) is 6.50. The third-order valence-corrected chi connectivity index (χ3v) is 4.17. The van der Waals surface area contributed by atoms with Crippen molar-refractivity contribution in [2.75, 3.05) is 11.9 Å². The zero-order valence-electron chi connectivity index (χ0n) is 12.7. The summed E-state index contributed by atoms with van der Waals surface area (Å²) in [6.45, 7) is 1.09. The van der Waals surface area contributed by atoms with E-state index in [1.807, 2.05) is 42.5 Å². The van der Waals surface area contributed by atoms with Gasteiger partial charge in [-0.3, -0.25) is 4.79 Å². The minimum Gasteiger partial charge on any atom is -0.326 e. The Balaban J connectivity index is 1.66. The Bertz CT molecular complexity index is 618. The van der Waals surface area contributed by atoms with E-state index in [1.165, 1.54) is 12.8 Å². The first-order chi connectivity index (χ1) is 10.8. The molecule has 0 saturated carbocycles. The topological polar surface area (TPSA) is 41.1 Å². The summed E-state index contributed by atoms with van der Waals surface area (Å²) in [6, 6.07) is 18.6. The molecule has 2 N–H and O–H groups in total. The average Bonchev–Trinajstić information content (AvgIpc) is 3.08. The molecule has 114 valence electrons. The van der Waals surface area contributed by atoms with E-state index in [-0.39, 0.29) is 5.91 Å². The van der Waals surface area contributed by atoms with Crippen LogP contribution in [0.15, 0.2) is 54.6 Å². The van der Waals surface area contributed by atoms with E-state index in [2.05, 4.69) is 22.8 Å². The maximum atomic E-state index is 12.2. The molecule has 1 aliphatic heterocycles. The zero-order valence-corrected chi connectivity index (χ0v) is 12.7. The van der Waals surface area contributed by atoms with Crippen LogP contribution >= 0.6 is 0 Å². The van der Waals surface area contributed by atoms with Crippen LogP contribution < -0.4 is 10.6 Å². The quantitative estimate of drug-likeness (QED) is 0.880. The summed E-state index contributed by atoms with van der Waals surface area (Å²) < 4.78 is 0. The van der Waals surface area contributed by atoms with Crippen molar-refractivity contribution >= 4 is 11.6 Å². The van der Waals surface area contributed by atoms with E-state index in [1.54, 1.807) is 0 Å². The van der Waals surface area contributed by atoms with E-state index in [0.29, 0.717) is 12.5 Å². The second-order valence-electron chi connectivity index (χ2n) is 5.79. The van der Waals surface area contributed by atoms with Gasteiger partial charge in [0.15, 0.2) is 0 Å². The van der Waals surface area contributed by atoms with Gasteiger partial charge in [-0.15, -0.1) is 0 Å². The van der Waals surface area contributed by atoms with Crippen LogP contribution in [-0.4, -0.2) is 18.5 Å². The lowest BCUT2D eigenvalue weighted by atomic mass is 10.0. The Kier molecular flexibility index (Phi) is 4.86. The molecule has 1 amide bonds. The minimum absolute atomic E-state index is 0.0945. The zero-order chi connectivity index (χ0) is 15.2. The van der Waals surface area contributed by atoms with E-state index in [9.17, 15) is 4.79 Å². The summed E-state index contributed by atoms with van der Waals surface area (Å²) in [4.78, 5) is 12.2. The number of hydrogen-bond acceptors (Lipinski definition) is 2. The number of anilines is 1. The van der Waals surface area contributed by atoms with Gasteiger partial charge in [0.25, 0.3) is 0 Å². The number of rotatable bonds is 5. The minimum atomic E-state index is 0.0945. The molecule has 3 heteroatoms. The number of carbonyl (C=O) groups excluding carboxylic acids is 1. The van der Waals surface area contributed by atoms with Crippen LogP contribution in [0.3, 0.4) is 0 Å². The Morgan fingerprint density at radius 2 is 1.86 bits per heavy atom. The molecule has 0 aromatic heterocycles. The van der Waals surface area contributed by atoms with Crippen molar-refractivity contribution in [3.63, 3.8) is 0 Å². The van der Waals surface area contributed by atoms with Gasteiger partial charge in [0.2, 0.25) is 5.91 Å². The summed E-state index contributed by atoms with van der Waals surface area (Å²) in [5.41, 5.74) is 3.07. The van der Waals surface area contributed by atoms with Crippen molar-refractivity contribution in [2.24, 2.45) is 0 Å². The van der Waals surface area contributed by atoms with Gasteiger partial charge in [-0.1, -0.05) is 48.5 Å². The summed E-state index contributed by atoms with van der Waals surface area (Å²) in [5.74, 6) is 0.0945. The fourth-order valence-corrected chi connectivity index (χ4v) is 2.98. The molecule has 2 aromatic carbocycles. The van der Waals surface area contributed by atoms with Crippen molar-refractivity contribution in [3.05, 3.63) is 54.6 Å². The largest absolute Gasteiger partial charge is 0.326 e. The maximum absolute atomic E-state index is 12.2. The number of hydrogen-bond donors (Lipinski definition) is 2. The highest BCUT2D eigenvalue weighted by Gasteiger charge is 2.15. The van der Waals surface area contributed by atoms with Crippen molar-refractivity contribution in [3.8, 4) is 11.1 Å². The Hall–Kier alpha value is -2.13. The van der Waals surface area contributed by atoms with E-state index >= 15 is 0 Å². The molecular formula is C19H22N2O. The van der Waals surface area contributed by atoms with Gasteiger partial charge in [-0.25, -0.2) is 0 Å². The molecular weight excluding hydrogens is 272 g/mol. The molecule has 1 heterocycles. The van der Waals surface area contributed by atoms with Crippen LogP contribution in [-0.2, 0) is 4.79 Å². The highest BCUT2D eigenvalue weighted by Crippen LogP contribution is 2.27. The first-order valence-electron chi connectivity index (χ1n) is 8.00. The molecule has 3 rings (SSSR count). The lowest BCUT2D eigenvalue weighted by Gasteiger charge is -2.13. The van der Waals surface area contributed by atoms with Crippen LogP contribution in [0.5, 0.6) is 0 Å². The SMILES string of the molecule is O=C(CCC1CCCN1)Nc1ccccc1-c1ccccc1. The molecule has 22 heavy (non-hydrogen) atoms. The molecule has 3 nitrogen and oxygen atoms in total. The number of carbonyl (C=O) groups is 1. The maximum Gasteiger partial charge on any atom is 0.224 e.